The summed E-state index contributed by atoms with van der Waals surface area (Å²) in [5.41, 5.74) is 0. The SMILES string of the molecule is CCCCCCCCCCCCCCCCCCCCCCCCCC(=O)NC(CC[C@H]1O[C@H](CO)[C@H](O)[C@H](O)[C@H]1O)C(O)C(O)CCCCCCCCCCCCCCCCCCC. The van der Waals surface area contributed by atoms with Gasteiger partial charge < -0.3 is 40.7 Å². The number of hydrogen-bond acceptors (Lipinski definition) is 8. The standard InChI is InChI=1S/C56H111NO8/c1-3-5-7-9-11-13-15-17-19-21-22-23-24-25-26-28-30-32-34-36-38-40-42-44-52(60)57-48(45-46-50-54(62)56(64)55(63)51(47-58)65-50)53(61)49(59)43-41-39-37-35-33-31-29-27-20-18-16-14-12-10-8-6-4-2/h48-51,53-56,58-59,61-64H,3-47H2,1-2H3,(H,57,60)/t48?,49?,50-,51-,53?,54+,55+,56-/m1/s1. The Hall–Kier alpha value is -0.810. The predicted octanol–water partition coefficient (Wildman–Crippen LogP) is 13.2. The fourth-order valence-electron chi connectivity index (χ4n) is 9.96. The molecule has 1 aliphatic heterocycles. The Kier molecular flexibility index (Phi) is 43.7. The minimum Gasteiger partial charge on any atom is -0.394 e. The van der Waals surface area contributed by atoms with Gasteiger partial charge in [-0.3, -0.25) is 4.79 Å². The smallest absolute Gasteiger partial charge is 0.220 e. The molecule has 0 spiro atoms. The summed E-state index contributed by atoms with van der Waals surface area (Å²) < 4.78 is 5.71. The highest BCUT2D eigenvalue weighted by Gasteiger charge is 2.43. The van der Waals surface area contributed by atoms with E-state index in [-0.39, 0.29) is 18.7 Å². The summed E-state index contributed by atoms with van der Waals surface area (Å²) in [6, 6.07) is -0.764. The highest BCUT2D eigenvalue weighted by atomic mass is 16.5. The lowest BCUT2D eigenvalue weighted by Crippen LogP contribution is -2.59. The predicted molar refractivity (Wildman–Crippen MR) is 272 cm³/mol. The molecule has 1 saturated heterocycles. The third-order valence-electron chi connectivity index (χ3n) is 14.5. The van der Waals surface area contributed by atoms with E-state index in [0.717, 1.165) is 38.5 Å². The Labute approximate surface area is 401 Å². The number of aliphatic hydroxyl groups is 6. The number of unbranched alkanes of at least 4 members (excludes halogenated alkanes) is 38. The molecule has 9 nitrogen and oxygen atoms in total. The second-order valence-corrected chi connectivity index (χ2v) is 20.7. The van der Waals surface area contributed by atoms with Crippen LogP contribution in [0.3, 0.4) is 0 Å². The van der Waals surface area contributed by atoms with Crippen LogP contribution in [0, 0.1) is 0 Å². The maximum Gasteiger partial charge on any atom is 0.220 e. The van der Waals surface area contributed by atoms with E-state index in [4.69, 9.17) is 4.74 Å². The normalized spacial score (nSPS) is 20.3. The Morgan fingerprint density at radius 1 is 0.431 bits per heavy atom. The van der Waals surface area contributed by atoms with E-state index in [1.807, 2.05) is 0 Å². The highest BCUT2D eigenvalue weighted by molar-refractivity contribution is 5.76. The van der Waals surface area contributed by atoms with Crippen LogP contribution in [0.5, 0.6) is 0 Å². The summed E-state index contributed by atoms with van der Waals surface area (Å²) in [6.07, 6.45) is 44.8. The van der Waals surface area contributed by atoms with Crippen LogP contribution < -0.4 is 5.32 Å². The van der Waals surface area contributed by atoms with E-state index in [2.05, 4.69) is 19.2 Å². The zero-order valence-corrected chi connectivity index (χ0v) is 42.9. The first-order valence-electron chi connectivity index (χ1n) is 28.7. The third-order valence-corrected chi connectivity index (χ3v) is 14.5. The topological polar surface area (TPSA) is 160 Å². The second-order valence-electron chi connectivity index (χ2n) is 20.7. The molecule has 0 aliphatic carbocycles. The lowest BCUT2D eigenvalue weighted by Gasteiger charge is -2.40. The first-order valence-corrected chi connectivity index (χ1v) is 28.7. The molecule has 7 N–H and O–H groups in total. The summed E-state index contributed by atoms with van der Waals surface area (Å²) in [4.78, 5) is 13.1. The van der Waals surface area contributed by atoms with Crippen LogP contribution in [0.4, 0.5) is 0 Å². The van der Waals surface area contributed by atoms with Crippen LogP contribution in [-0.2, 0) is 9.53 Å². The van der Waals surface area contributed by atoms with Gasteiger partial charge in [0, 0.05) is 6.42 Å². The van der Waals surface area contributed by atoms with Crippen LogP contribution in [0.2, 0.25) is 0 Å². The molecule has 0 saturated carbocycles. The van der Waals surface area contributed by atoms with Crippen molar-refractivity contribution in [2.75, 3.05) is 6.61 Å². The molecule has 0 aromatic rings. The van der Waals surface area contributed by atoms with Crippen molar-refractivity contribution < 1.29 is 40.2 Å². The zero-order valence-electron chi connectivity index (χ0n) is 42.9. The molecule has 1 amide bonds. The molecule has 0 aromatic carbocycles. The largest absolute Gasteiger partial charge is 0.394 e. The van der Waals surface area contributed by atoms with Crippen LogP contribution in [0.25, 0.3) is 0 Å². The number of aliphatic hydroxyl groups excluding tert-OH is 6. The number of carbonyl (C=O) groups is 1. The summed E-state index contributed by atoms with van der Waals surface area (Å²) >= 11 is 0. The van der Waals surface area contributed by atoms with Gasteiger partial charge in [0.25, 0.3) is 0 Å². The number of amides is 1. The van der Waals surface area contributed by atoms with Crippen molar-refractivity contribution in [1.29, 1.82) is 0 Å². The molecule has 8 atom stereocenters. The quantitative estimate of drug-likeness (QED) is 0.0297. The van der Waals surface area contributed by atoms with E-state index in [9.17, 15) is 35.4 Å². The van der Waals surface area contributed by atoms with Gasteiger partial charge in [-0.05, 0) is 25.7 Å². The lowest BCUT2D eigenvalue weighted by molar-refractivity contribution is -0.231. The van der Waals surface area contributed by atoms with Crippen molar-refractivity contribution in [3.63, 3.8) is 0 Å². The number of rotatable bonds is 49. The zero-order chi connectivity index (χ0) is 47.4. The van der Waals surface area contributed by atoms with Crippen molar-refractivity contribution in [3.8, 4) is 0 Å². The van der Waals surface area contributed by atoms with Crippen molar-refractivity contribution in [1.82, 2.24) is 5.32 Å². The first kappa shape index (κ1) is 62.2. The van der Waals surface area contributed by atoms with Gasteiger partial charge in [-0.2, -0.15) is 0 Å². The molecule has 65 heavy (non-hydrogen) atoms. The Balaban J connectivity index is 2.25. The molecule has 3 unspecified atom stereocenters. The van der Waals surface area contributed by atoms with E-state index in [0.29, 0.717) is 12.8 Å². The number of ether oxygens (including phenoxy) is 1. The monoisotopic (exact) mass is 926 g/mol. The third kappa shape index (κ3) is 35.0. The fraction of sp³-hybridized carbons (Fsp3) is 0.982. The maximum absolute atomic E-state index is 13.1. The van der Waals surface area contributed by atoms with Gasteiger partial charge in [0.2, 0.25) is 5.91 Å². The average molecular weight is 927 g/mol. The average Bonchev–Trinajstić information content (AvgIpc) is 3.31. The van der Waals surface area contributed by atoms with E-state index < -0.39 is 55.4 Å². The summed E-state index contributed by atoms with van der Waals surface area (Å²) in [7, 11) is 0. The highest BCUT2D eigenvalue weighted by Crippen LogP contribution is 2.26. The van der Waals surface area contributed by atoms with Crippen molar-refractivity contribution in [2.45, 2.75) is 345 Å². The Bertz CT molecular complexity index is 1000. The van der Waals surface area contributed by atoms with E-state index in [1.165, 1.54) is 218 Å². The summed E-state index contributed by atoms with van der Waals surface area (Å²) in [5.74, 6) is -0.170. The first-order chi connectivity index (χ1) is 31.8. The van der Waals surface area contributed by atoms with Gasteiger partial charge in [0.05, 0.1) is 31.0 Å². The minimum atomic E-state index is -1.48. The number of hydrogen-bond donors (Lipinski definition) is 7. The summed E-state index contributed by atoms with van der Waals surface area (Å²) in [5, 5.41) is 66.1. The van der Waals surface area contributed by atoms with Crippen molar-refractivity contribution in [3.05, 3.63) is 0 Å². The van der Waals surface area contributed by atoms with Gasteiger partial charge in [-0.25, -0.2) is 0 Å². The fourth-order valence-corrected chi connectivity index (χ4v) is 9.96. The van der Waals surface area contributed by atoms with Gasteiger partial charge in [-0.15, -0.1) is 0 Å². The van der Waals surface area contributed by atoms with Gasteiger partial charge in [0.15, 0.2) is 0 Å². The molecule has 1 rings (SSSR count). The van der Waals surface area contributed by atoms with E-state index in [1.54, 1.807) is 0 Å². The number of carbonyl (C=O) groups excluding carboxylic acids is 1. The molecule has 9 heteroatoms. The maximum atomic E-state index is 13.1. The number of nitrogens with one attached hydrogen (secondary N) is 1. The molecular formula is C56H111NO8. The molecule has 0 bridgehead atoms. The lowest BCUT2D eigenvalue weighted by atomic mass is 9.90. The van der Waals surface area contributed by atoms with E-state index >= 15 is 0 Å². The molecular weight excluding hydrogens is 815 g/mol. The molecule has 1 heterocycles. The van der Waals surface area contributed by atoms with Crippen molar-refractivity contribution in [2.24, 2.45) is 0 Å². The molecule has 388 valence electrons. The second kappa shape index (κ2) is 45.6. The van der Waals surface area contributed by atoms with Crippen LogP contribution >= 0.6 is 0 Å². The van der Waals surface area contributed by atoms with Crippen LogP contribution in [0.15, 0.2) is 0 Å². The van der Waals surface area contributed by atoms with Crippen LogP contribution in [-0.4, -0.2) is 91.9 Å². The molecule has 1 aliphatic rings. The van der Waals surface area contributed by atoms with Gasteiger partial charge in [-0.1, -0.05) is 264 Å². The van der Waals surface area contributed by atoms with Gasteiger partial charge >= 0.3 is 0 Å². The van der Waals surface area contributed by atoms with Crippen LogP contribution in [0.1, 0.15) is 296 Å². The molecule has 0 radical (unpaired) electrons. The Morgan fingerprint density at radius 3 is 1.08 bits per heavy atom. The van der Waals surface area contributed by atoms with Crippen molar-refractivity contribution >= 4 is 5.91 Å². The molecule has 0 aromatic heterocycles. The Morgan fingerprint density at radius 2 is 0.738 bits per heavy atom. The summed E-state index contributed by atoms with van der Waals surface area (Å²) in [6.45, 7) is 4.04. The van der Waals surface area contributed by atoms with Gasteiger partial charge in [0.1, 0.15) is 24.4 Å². The molecule has 1 fully saturated rings. The minimum absolute atomic E-state index is 0.161.